The molecule has 0 aliphatic rings. The molecule has 5 heteroatoms. The van der Waals surface area contributed by atoms with Gasteiger partial charge in [0, 0.05) is 11.1 Å². The van der Waals surface area contributed by atoms with Crippen LogP contribution in [0.4, 0.5) is 0 Å². The van der Waals surface area contributed by atoms with E-state index >= 15 is 0 Å². The second-order valence-corrected chi connectivity index (χ2v) is 9.75. The second-order valence-electron chi connectivity index (χ2n) is 7.26. The van der Waals surface area contributed by atoms with Crippen LogP contribution in [-0.4, -0.2) is 13.4 Å². The molecule has 0 N–H and O–H groups in total. The SMILES string of the molecule is CC(C)(c1nc(-c2ccccc2)c(-c2ccccc2)o1)S(=O)(=O)c1ccccc1. The molecular formula is C24H21NO3S. The summed E-state index contributed by atoms with van der Waals surface area (Å²) in [5.41, 5.74) is 2.34. The minimum atomic E-state index is -3.72. The summed E-state index contributed by atoms with van der Waals surface area (Å²) in [7, 11) is -3.72. The molecule has 0 fully saturated rings. The van der Waals surface area contributed by atoms with Gasteiger partial charge in [-0.05, 0) is 26.0 Å². The fourth-order valence-electron chi connectivity index (χ4n) is 3.16. The Labute approximate surface area is 170 Å². The first kappa shape index (κ1) is 19.2. The van der Waals surface area contributed by atoms with Crippen LogP contribution < -0.4 is 0 Å². The third-order valence-electron chi connectivity index (χ3n) is 4.95. The minimum absolute atomic E-state index is 0.166. The van der Waals surface area contributed by atoms with E-state index < -0.39 is 14.6 Å². The Balaban J connectivity index is 1.90. The van der Waals surface area contributed by atoms with E-state index in [0.29, 0.717) is 11.5 Å². The molecule has 1 aromatic heterocycles. The highest BCUT2D eigenvalue weighted by molar-refractivity contribution is 7.92. The van der Waals surface area contributed by atoms with E-state index in [4.69, 9.17) is 4.42 Å². The first-order chi connectivity index (χ1) is 13.9. The summed E-state index contributed by atoms with van der Waals surface area (Å²) >= 11 is 0. The van der Waals surface area contributed by atoms with Crippen molar-refractivity contribution in [1.29, 1.82) is 0 Å². The fraction of sp³-hybridized carbons (Fsp3) is 0.125. The molecule has 4 rings (SSSR count). The molecule has 0 radical (unpaired) electrons. The maximum atomic E-state index is 13.3. The number of hydrogen-bond donors (Lipinski definition) is 0. The third kappa shape index (κ3) is 3.38. The lowest BCUT2D eigenvalue weighted by Gasteiger charge is -2.21. The maximum Gasteiger partial charge on any atom is 0.216 e. The van der Waals surface area contributed by atoms with Crippen LogP contribution in [-0.2, 0) is 14.6 Å². The molecule has 3 aromatic carbocycles. The van der Waals surface area contributed by atoms with Gasteiger partial charge in [-0.25, -0.2) is 13.4 Å². The van der Waals surface area contributed by atoms with Gasteiger partial charge in [-0.3, -0.25) is 0 Å². The van der Waals surface area contributed by atoms with Crippen molar-refractivity contribution in [2.75, 3.05) is 0 Å². The lowest BCUT2D eigenvalue weighted by molar-refractivity contribution is 0.439. The summed E-state index contributed by atoms with van der Waals surface area (Å²) in [6.07, 6.45) is 0. The zero-order valence-electron chi connectivity index (χ0n) is 16.2. The Bertz CT molecular complexity index is 1160. The molecule has 0 aliphatic carbocycles. The van der Waals surface area contributed by atoms with Crippen LogP contribution in [0.5, 0.6) is 0 Å². The molecule has 0 unspecified atom stereocenters. The smallest absolute Gasteiger partial charge is 0.216 e. The lowest BCUT2D eigenvalue weighted by Crippen LogP contribution is -2.29. The molecule has 0 amide bonds. The molecule has 0 saturated heterocycles. The van der Waals surface area contributed by atoms with E-state index in [1.807, 2.05) is 60.7 Å². The van der Waals surface area contributed by atoms with E-state index in [9.17, 15) is 8.42 Å². The van der Waals surface area contributed by atoms with Gasteiger partial charge >= 0.3 is 0 Å². The molecule has 0 saturated carbocycles. The van der Waals surface area contributed by atoms with Crippen LogP contribution in [0.2, 0.25) is 0 Å². The molecule has 4 nitrogen and oxygen atoms in total. The van der Waals surface area contributed by atoms with E-state index in [1.165, 1.54) is 0 Å². The predicted molar refractivity (Wildman–Crippen MR) is 114 cm³/mol. The highest BCUT2D eigenvalue weighted by atomic mass is 32.2. The second kappa shape index (κ2) is 7.33. The van der Waals surface area contributed by atoms with Crippen molar-refractivity contribution in [3.63, 3.8) is 0 Å². The van der Waals surface area contributed by atoms with Crippen LogP contribution >= 0.6 is 0 Å². The average molecular weight is 404 g/mol. The van der Waals surface area contributed by atoms with Gasteiger partial charge in [0.2, 0.25) is 5.89 Å². The van der Waals surface area contributed by atoms with Gasteiger partial charge in [0.1, 0.15) is 10.4 Å². The zero-order valence-corrected chi connectivity index (χ0v) is 17.1. The van der Waals surface area contributed by atoms with E-state index in [0.717, 1.165) is 11.1 Å². The predicted octanol–water partition coefficient (Wildman–Crippen LogP) is 5.72. The van der Waals surface area contributed by atoms with Crippen molar-refractivity contribution in [3.8, 4) is 22.6 Å². The Morgan fingerprint density at radius 2 is 1.21 bits per heavy atom. The first-order valence-electron chi connectivity index (χ1n) is 9.33. The maximum absolute atomic E-state index is 13.3. The van der Waals surface area contributed by atoms with Gasteiger partial charge < -0.3 is 4.42 Å². The Morgan fingerprint density at radius 3 is 1.76 bits per heavy atom. The van der Waals surface area contributed by atoms with Gasteiger partial charge in [-0.15, -0.1) is 0 Å². The quantitative estimate of drug-likeness (QED) is 0.428. The molecule has 29 heavy (non-hydrogen) atoms. The Kier molecular flexibility index (Phi) is 4.84. The fourth-order valence-corrected chi connectivity index (χ4v) is 4.59. The number of hydrogen-bond acceptors (Lipinski definition) is 4. The monoisotopic (exact) mass is 403 g/mol. The third-order valence-corrected chi connectivity index (χ3v) is 7.36. The van der Waals surface area contributed by atoms with Crippen molar-refractivity contribution < 1.29 is 12.8 Å². The summed E-state index contributed by atoms with van der Waals surface area (Å²) in [4.78, 5) is 4.92. The zero-order chi connectivity index (χ0) is 20.5. The number of oxazole rings is 1. The summed E-state index contributed by atoms with van der Waals surface area (Å²) in [5, 5.41) is 0. The standard InChI is InChI=1S/C24H21NO3S/c1-24(2,29(26,27)20-16-10-5-11-17-20)23-25-21(18-12-6-3-7-13-18)22(28-23)19-14-8-4-9-15-19/h3-17H,1-2H3. The topological polar surface area (TPSA) is 60.2 Å². The van der Waals surface area contributed by atoms with Gasteiger partial charge in [0.05, 0.1) is 4.90 Å². The van der Waals surface area contributed by atoms with Crippen molar-refractivity contribution >= 4 is 9.84 Å². The Hall–Kier alpha value is -3.18. The van der Waals surface area contributed by atoms with Crippen LogP contribution in [0.3, 0.4) is 0 Å². The van der Waals surface area contributed by atoms with Crippen LogP contribution in [0, 0.1) is 0 Å². The molecule has 4 aromatic rings. The van der Waals surface area contributed by atoms with Crippen molar-refractivity contribution in [3.05, 3.63) is 96.9 Å². The largest absolute Gasteiger partial charge is 0.438 e. The number of nitrogens with zero attached hydrogens (tertiary/aromatic N) is 1. The van der Waals surface area contributed by atoms with Crippen LogP contribution in [0.25, 0.3) is 22.6 Å². The molecule has 0 spiro atoms. The summed E-state index contributed by atoms with van der Waals surface area (Å²) in [6.45, 7) is 3.26. The molecule has 146 valence electrons. The molecule has 0 aliphatic heterocycles. The number of sulfone groups is 1. The molecular weight excluding hydrogens is 382 g/mol. The Morgan fingerprint density at radius 1 is 0.724 bits per heavy atom. The normalized spacial score (nSPS) is 12.1. The van der Waals surface area contributed by atoms with Gasteiger partial charge in [-0.1, -0.05) is 78.9 Å². The average Bonchev–Trinajstić information content (AvgIpc) is 3.22. The van der Waals surface area contributed by atoms with Gasteiger partial charge in [0.15, 0.2) is 15.6 Å². The molecule has 1 heterocycles. The highest BCUT2D eigenvalue weighted by Crippen LogP contribution is 2.40. The number of aromatic nitrogens is 1. The van der Waals surface area contributed by atoms with Gasteiger partial charge in [0.25, 0.3) is 0 Å². The first-order valence-corrected chi connectivity index (χ1v) is 10.8. The van der Waals surface area contributed by atoms with Gasteiger partial charge in [-0.2, -0.15) is 0 Å². The summed E-state index contributed by atoms with van der Waals surface area (Å²) in [5.74, 6) is 0.724. The van der Waals surface area contributed by atoms with Crippen molar-refractivity contribution in [1.82, 2.24) is 4.98 Å². The number of benzene rings is 3. The van der Waals surface area contributed by atoms with Crippen molar-refractivity contribution in [2.24, 2.45) is 0 Å². The minimum Gasteiger partial charge on any atom is -0.438 e. The molecule has 0 bridgehead atoms. The number of rotatable bonds is 5. The molecule has 0 atom stereocenters. The van der Waals surface area contributed by atoms with E-state index in [1.54, 1.807) is 44.2 Å². The van der Waals surface area contributed by atoms with E-state index in [2.05, 4.69) is 4.98 Å². The summed E-state index contributed by atoms with van der Waals surface area (Å²) < 4.78 is 31.5. The lowest BCUT2D eigenvalue weighted by atomic mass is 10.1. The van der Waals surface area contributed by atoms with E-state index in [-0.39, 0.29) is 10.8 Å². The van der Waals surface area contributed by atoms with Crippen molar-refractivity contribution in [2.45, 2.75) is 23.5 Å². The highest BCUT2D eigenvalue weighted by Gasteiger charge is 2.42. The summed E-state index contributed by atoms with van der Waals surface area (Å²) in [6, 6.07) is 27.6. The van der Waals surface area contributed by atoms with Crippen LogP contribution in [0.15, 0.2) is 100 Å². The van der Waals surface area contributed by atoms with Crippen LogP contribution in [0.1, 0.15) is 19.7 Å².